The Morgan fingerprint density at radius 1 is 1.43 bits per heavy atom. The molecule has 4 N–H and O–H groups in total. The molecule has 2 unspecified atom stereocenters. The zero-order valence-corrected chi connectivity index (χ0v) is 12.1. The molecule has 0 saturated carbocycles. The lowest BCUT2D eigenvalue weighted by Crippen LogP contribution is -2.37. The molecule has 0 fully saturated rings. The Morgan fingerprint density at radius 3 is 2.95 bits per heavy atom. The molecule has 2 amide bonds. The largest absolute Gasteiger partial charge is 0.382 e. The second kappa shape index (κ2) is 7.08. The predicted octanol–water partition coefficient (Wildman–Crippen LogP) is 0.592. The average molecular weight is 291 g/mol. The molecule has 0 bridgehead atoms. The van der Waals surface area contributed by atoms with E-state index in [1.165, 1.54) is 0 Å². The number of primary amides is 1. The molecule has 2 rings (SSSR count). The first kappa shape index (κ1) is 15.3. The highest BCUT2D eigenvalue weighted by atomic mass is 16.5. The molecule has 0 radical (unpaired) electrons. The lowest BCUT2D eigenvalue weighted by molar-refractivity contribution is -0.123. The minimum Gasteiger partial charge on any atom is -0.382 e. The maximum absolute atomic E-state index is 12.3. The Morgan fingerprint density at radius 2 is 2.19 bits per heavy atom. The van der Waals surface area contributed by atoms with Gasteiger partial charge in [-0.2, -0.15) is 0 Å². The third kappa shape index (κ3) is 4.19. The summed E-state index contributed by atoms with van der Waals surface area (Å²) in [5.41, 5.74) is 7.00. The molecule has 1 aromatic carbocycles. The fourth-order valence-electron chi connectivity index (χ4n) is 2.53. The van der Waals surface area contributed by atoms with Crippen LogP contribution in [0.15, 0.2) is 24.3 Å². The molecule has 1 aliphatic heterocycles. The number of nitrogens with one attached hydrogen (secondary N) is 2. The maximum atomic E-state index is 12.3. The molecule has 0 aliphatic carbocycles. The van der Waals surface area contributed by atoms with E-state index in [0.717, 1.165) is 17.7 Å². The molecule has 21 heavy (non-hydrogen) atoms. The summed E-state index contributed by atoms with van der Waals surface area (Å²) < 4.78 is 5.02. The number of nitrogens with two attached hydrogens (primary N) is 1. The van der Waals surface area contributed by atoms with Gasteiger partial charge in [-0.25, -0.2) is 0 Å². The summed E-state index contributed by atoms with van der Waals surface area (Å²) in [4.78, 5) is 22.8. The van der Waals surface area contributed by atoms with Crippen LogP contribution in [0.4, 0.5) is 5.69 Å². The van der Waals surface area contributed by atoms with Gasteiger partial charge < -0.3 is 21.1 Å². The van der Waals surface area contributed by atoms with Crippen molar-refractivity contribution in [2.45, 2.75) is 25.3 Å². The zero-order valence-electron chi connectivity index (χ0n) is 12.1. The van der Waals surface area contributed by atoms with Crippen molar-refractivity contribution in [1.29, 1.82) is 0 Å². The number of para-hydroxylation sites is 1. The Kier molecular flexibility index (Phi) is 5.16. The summed E-state index contributed by atoms with van der Waals surface area (Å²) in [5, 5.41) is 6.22. The monoisotopic (exact) mass is 291 g/mol. The van der Waals surface area contributed by atoms with Crippen molar-refractivity contribution in [3.63, 3.8) is 0 Å². The second-order valence-electron chi connectivity index (χ2n) is 5.23. The molecule has 0 aromatic heterocycles. The van der Waals surface area contributed by atoms with Crippen LogP contribution < -0.4 is 16.4 Å². The van der Waals surface area contributed by atoms with Gasteiger partial charge in [-0.05, 0) is 25.0 Å². The molecule has 6 nitrogen and oxygen atoms in total. The van der Waals surface area contributed by atoms with E-state index in [-0.39, 0.29) is 31.1 Å². The van der Waals surface area contributed by atoms with Crippen LogP contribution >= 0.6 is 0 Å². The van der Waals surface area contributed by atoms with E-state index in [0.29, 0.717) is 6.54 Å². The van der Waals surface area contributed by atoms with E-state index in [4.69, 9.17) is 10.5 Å². The van der Waals surface area contributed by atoms with Crippen LogP contribution in [0.2, 0.25) is 0 Å². The van der Waals surface area contributed by atoms with Crippen LogP contribution in [0, 0.1) is 0 Å². The predicted molar refractivity (Wildman–Crippen MR) is 79.9 cm³/mol. The topological polar surface area (TPSA) is 93.4 Å². The highest BCUT2D eigenvalue weighted by Gasteiger charge is 2.29. The first-order valence-electron chi connectivity index (χ1n) is 7.07. The average Bonchev–Trinajstić information content (AvgIpc) is 2.45. The van der Waals surface area contributed by atoms with E-state index >= 15 is 0 Å². The van der Waals surface area contributed by atoms with Crippen molar-refractivity contribution in [2.24, 2.45) is 5.73 Å². The maximum Gasteiger partial charge on any atom is 0.243 e. The highest BCUT2D eigenvalue weighted by molar-refractivity contribution is 5.86. The van der Waals surface area contributed by atoms with Crippen LogP contribution in [0.25, 0.3) is 0 Å². The first-order chi connectivity index (χ1) is 10.1. The number of ether oxygens (including phenoxy) is 1. The normalized spacial score (nSPS) is 20.2. The number of rotatable bonds is 6. The van der Waals surface area contributed by atoms with Gasteiger partial charge in [0.2, 0.25) is 11.8 Å². The van der Waals surface area contributed by atoms with Crippen molar-refractivity contribution in [1.82, 2.24) is 5.32 Å². The summed E-state index contributed by atoms with van der Waals surface area (Å²) >= 11 is 0. The van der Waals surface area contributed by atoms with Crippen LogP contribution in [0.3, 0.4) is 0 Å². The Hall–Kier alpha value is -2.08. The standard InChI is InChI=1S/C15H21N3O3/c1-10-8-12(11-4-2-3-5-13(11)18-10)15(20)17-6-7-21-9-14(16)19/h2-5,10,12,18H,6-9H2,1H3,(H2,16,19)(H,17,20). The minimum atomic E-state index is -0.512. The van der Waals surface area contributed by atoms with Gasteiger partial charge >= 0.3 is 0 Å². The van der Waals surface area contributed by atoms with Crippen LogP contribution in [-0.2, 0) is 14.3 Å². The number of amides is 2. The third-order valence-corrected chi connectivity index (χ3v) is 3.43. The lowest BCUT2D eigenvalue weighted by Gasteiger charge is -2.30. The van der Waals surface area contributed by atoms with Gasteiger partial charge in [0, 0.05) is 18.3 Å². The number of carbonyl (C=O) groups is 2. The fourth-order valence-corrected chi connectivity index (χ4v) is 2.53. The van der Waals surface area contributed by atoms with Gasteiger partial charge in [0.05, 0.1) is 12.5 Å². The van der Waals surface area contributed by atoms with Crippen LogP contribution in [0.1, 0.15) is 24.8 Å². The fraction of sp³-hybridized carbons (Fsp3) is 0.467. The number of hydrogen-bond donors (Lipinski definition) is 3. The Labute approximate surface area is 124 Å². The molecule has 114 valence electrons. The summed E-state index contributed by atoms with van der Waals surface area (Å²) in [6.45, 7) is 2.58. The van der Waals surface area contributed by atoms with Crippen LogP contribution in [-0.4, -0.2) is 37.6 Å². The molecule has 2 atom stereocenters. The van der Waals surface area contributed by atoms with E-state index in [9.17, 15) is 9.59 Å². The van der Waals surface area contributed by atoms with Crippen molar-refractivity contribution in [2.75, 3.05) is 25.1 Å². The molecule has 0 saturated heterocycles. The number of fused-ring (bicyclic) bond motifs is 1. The van der Waals surface area contributed by atoms with Gasteiger partial charge in [0.15, 0.2) is 0 Å². The van der Waals surface area contributed by atoms with Crippen molar-refractivity contribution >= 4 is 17.5 Å². The van der Waals surface area contributed by atoms with E-state index < -0.39 is 5.91 Å². The second-order valence-corrected chi connectivity index (χ2v) is 5.23. The molecule has 6 heteroatoms. The van der Waals surface area contributed by atoms with Gasteiger partial charge in [0.25, 0.3) is 0 Å². The zero-order chi connectivity index (χ0) is 15.2. The first-order valence-corrected chi connectivity index (χ1v) is 7.07. The summed E-state index contributed by atoms with van der Waals surface area (Å²) in [6.07, 6.45) is 0.755. The van der Waals surface area contributed by atoms with E-state index in [1.807, 2.05) is 24.3 Å². The Balaban J connectivity index is 1.89. The molecule has 1 heterocycles. The number of benzene rings is 1. The minimum absolute atomic E-state index is 0.0153. The molecule has 0 spiro atoms. The smallest absolute Gasteiger partial charge is 0.243 e. The van der Waals surface area contributed by atoms with Crippen molar-refractivity contribution in [3.05, 3.63) is 29.8 Å². The number of anilines is 1. The number of hydrogen-bond acceptors (Lipinski definition) is 4. The summed E-state index contributed by atoms with van der Waals surface area (Å²) in [6, 6.07) is 8.11. The summed E-state index contributed by atoms with van der Waals surface area (Å²) in [5.74, 6) is -0.686. The summed E-state index contributed by atoms with van der Waals surface area (Å²) in [7, 11) is 0. The van der Waals surface area contributed by atoms with Gasteiger partial charge in [-0.15, -0.1) is 0 Å². The SMILES string of the molecule is CC1CC(C(=O)NCCOCC(N)=O)c2ccccc2N1. The molecular formula is C15H21N3O3. The van der Waals surface area contributed by atoms with Gasteiger partial charge in [-0.1, -0.05) is 18.2 Å². The molecule has 1 aliphatic rings. The quantitative estimate of drug-likeness (QED) is 0.669. The van der Waals surface area contributed by atoms with Gasteiger partial charge in [0.1, 0.15) is 6.61 Å². The third-order valence-electron chi connectivity index (χ3n) is 3.43. The lowest BCUT2D eigenvalue weighted by atomic mass is 9.87. The van der Waals surface area contributed by atoms with E-state index in [1.54, 1.807) is 0 Å². The molecular weight excluding hydrogens is 270 g/mol. The molecule has 1 aromatic rings. The number of carbonyl (C=O) groups excluding carboxylic acids is 2. The highest BCUT2D eigenvalue weighted by Crippen LogP contribution is 2.33. The van der Waals surface area contributed by atoms with E-state index in [2.05, 4.69) is 17.6 Å². The van der Waals surface area contributed by atoms with Crippen molar-refractivity contribution < 1.29 is 14.3 Å². The van der Waals surface area contributed by atoms with Crippen molar-refractivity contribution in [3.8, 4) is 0 Å². The Bertz CT molecular complexity index is 519. The van der Waals surface area contributed by atoms with Crippen LogP contribution in [0.5, 0.6) is 0 Å². The van der Waals surface area contributed by atoms with Gasteiger partial charge in [-0.3, -0.25) is 9.59 Å².